The van der Waals surface area contributed by atoms with Crippen LogP contribution in [0.1, 0.15) is 24.1 Å². The zero-order valence-electron chi connectivity index (χ0n) is 21.5. The fraction of sp³-hybridized carbons (Fsp3) is 0.207. The summed E-state index contributed by atoms with van der Waals surface area (Å²) in [4.78, 5) is 35.0. The van der Waals surface area contributed by atoms with Crippen LogP contribution < -0.4 is 19.3 Å². The van der Waals surface area contributed by atoms with E-state index >= 15 is 0 Å². The van der Waals surface area contributed by atoms with E-state index in [0.29, 0.717) is 39.9 Å². The predicted octanol–water partition coefficient (Wildman–Crippen LogP) is 5.40. The quantitative estimate of drug-likeness (QED) is 0.195. The van der Waals surface area contributed by atoms with Crippen molar-refractivity contribution in [1.82, 2.24) is 4.98 Å². The van der Waals surface area contributed by atoms with Crippen molar-refractivity contribution in [2.45, 2.75) is 13.0 Å². The number of aliphatic hydroxyl groups excluding tert-OH is 1. The summed E-state index contributed by atoms with van der Waals surface area (Å²) in [5, 5.41) is 11.8. The van der Waals surface area contributed by atoms with Gasteiger partial charge in [0.2, 0.25) is 0 Å². The van der Waals surface area contributed by atoms with Crippen LogP contribution in [0.2, 0.25) is 0 Å². The summed E-state index contributed by atoms with van der Waals surface area (Å²) in [6.07, 6.45) is 0. The summed E-state index contributed by atoms with van der Waals surface area (Å²) in [7, 11) is 5.45. The first kappa shape index (κ1) is 25.3. The molecule has 194 valence electrons. The Kier molecular flexibility index (Phi) is 6.77. The van der Waals surface area contributed by atoms with Crippen LogP contribution in [0.25, 0.3) is 16.0 Å². The topological polar surface area (TPSA) is 92.2 Å². The molecular formula is C29H27N3O5S. The third kappa shape index (κ3) is 4.45. The standard InChI is InChI=1S/C29H27N3O5S/c1-5-37-21-8-6-7-18(15-21)26(33)24-25(17-9-11-19(12-10-17)31(2)3)32(28(35)27(24)34)29-30-22-14-13-20(36-4)16-23(22)38-29/h6-16,25,33H,5H2,1-4H3/b26-24+. The van der Waals surface area contributed by atoms with Crippen molar-refractivity contribution in [2.75, 3.05) is 37.6 Å². The molecule has 38 heavy (non-hydrogen) atoms. The van der Waals surface area contributed by atoms with Gasteiger partial charge in [-0.05, 0) is 55.0 Å². The van der Waals surface area contributed by atoms with Gasteiger partial charge >= 0.3 is 5.91 Å². The zero-order valence-corrected chi connectivity index (χ0v) is 22.3. The van der Waals surface area contributed by atoms with Gasteiger partial charge in [-0.2, -0.15) is 0 Å². The molecule has 1 atom stereocenters. The van der Waals surface area contributed by atoms with Gasteiger partial charge in [-0.15, -0.1) is 0 Å². The number of hydrogen-bond donors (Lipinski definition) is 1. The number of anilines is 2. The van der Waals surface area contributed by atoms with Gasteiger partial charge in [0.1, 0.15) is 17.3 Å². The Morgan fingerprint density at radius 1 is 1.05 bits per heavy atom. The minimum atomic E-state index is -0.871. The SMILES string of the molecule is CCOc1cccc(/C(O)=C2\C(=O)C(=O)N(c3nc4ccc(OC)cc4s3)C2c2ccc(N(C)C)cc2)c1. The van der Waals surface area contributed by atoms with Crippen LogP contribution in [-0.4, -0.2) is 49.6 Å². The third-order valence-corrected chi connectivity index (χ3v) is 7.40. The van der Waals surface area contributed by atoms with Crippen LogP contribution in [0, 0.1) is 0 Å². The molecule has 1 aromatic heterocycles. The van der Waals surface area contributed by atoms with Crippen molar-refractivity contribution in [3.05, 3.63) is 83.4 Å². The number of fused-ring (bicyclic) bond motifs is 1. The Balaban J connectivity index is 1.69. The van der Waals surface area contributed by atoms with Crippen LogP contribution in [0.15, 0.2) is 72.3 Å². The second-order valence-electron chi connectivity index (χ2n) is 8.95. The van der Waals surface area contributed by atoms with Gasteiger partial charge in [-0.1, -0.05) is 35.6 Å². The maximum atomic E-state index is 13.5. The molecule has 3 aromatic carbocycles. The lowest BCUT2D eigenvalue weighted by molar-refractivity contribution is -0.132. The van der Waals surface area contributed by atoms with E-state index in [4.69, 9.17) is 9.47 Å². The number of aliphatic hydroxyl groups is 1. The molecule has 1 saturated heterocycles. The van der Waals surface area contributed by atoms with Gasteiger partial charge in [0, 0.05) is 25.3 Å². The van der Waals surface area contributed by atoms with Gasteiger partial charge in [0.25, 0.3) is 5.78 Å². The molecule has 0 radical (unpaired) electrons. The number of ether oxygens (including phenoxy) is 2. The number of ketones is 1. The van der Waals surface area contributed by atoms with Crippen molar-refractivity contribution in [3.63, 3.8) is 0 Å². The molecule has 1 unspecified atom stereocenters. The Bertz CT molecular complexity index is 1560. The second kappa shape index (κ2) is 10.2. The number of nitrogens with zero attached hydrogens (tertiary/aromatic N) is 3. The minimum Gasteiger partial charge on any atom is -0.507 e. The monoisotopic (exact) mass is 529 g/mol. The highest BCUT2D eigenvalue weighted by molar-refractivity contribution is 7.22. The van der Waals surface area contributed by atoms with Crippen LogP contribution in [0.4, 0.5) is 10.8 Å². The molecule has 2 heterocycles. The largest absolute Gasteiger partial charge is 0.507 e. The van der Waals surface area contributed by atoms with E-state index in [9.17, 15) is 14.7 Å². The molecule has 1 fully saturated rings. The number of benzene rings is 3. The molecule has 8 nitrogen and oxygen atoms in total. The van der Waals surface area contributed by atoms with Crippen molar-refractivity contribution < 1.29 is 24.2 Å². The minimum absolute atomic E-state index is 0.00177. The number of carbonyl (C=O) groups excluding carboxylic acids is 2. The Morgan fingerprint density at radius 2 is 1.82 bits per heavy atom. The molecule has 0 bridgehead atoms. The van der Waals surface area contributed by atoms with Gasteiger partial charge in [0.05, 0.1) is 35.5 Å². The number of hydrogen-bond acceptors (Lipinski definition) is 8. The first-order valence-electron chi connectivity index (χ1n) is 12.1. The van der Waals surface area contributed by atoms with Crippen LogP contribution in [0.5, 0.6) is 11.5 Å². The highest BCUT2D eigenvalue weighted by atomic mass is 32.1. The highest BCUT2D eigenvalue weighted by Crippen LogP contribution is 2.45. The summed E-state index contributed by atoms with van der Waals surface area (Å²) in [6, 6.07) is 19.0. The average molecular weight is 530 g/mol. The van der Waals surface area contributed by atoms with E-state index in [1.54, 1.807) is 37.4 Å². The van der Waals surface area contributed by atoms with Crippen molar-refractivity contribution >= 4 is 49.8 Å². The lowest BCUT2D eigenvalue weighted by Crippen LogP contribution is -2.29. The molecule has 0 spiro atoms. The molecule has 1 N–H and O–H groups in total. The molecule has 4 aromatic rings. The number of methoxy groups -OCH3 is 1. The summed E-state index contributed by atoms with van der Waals surface area (Å²) in [5.41, 5.74) is 2.70. The van der Waals surface area contributed by atoms with Gasteiger partial charge < -0.3 is 19.5 Å². The lowest BCUT2D eigenvalue weighted by atomic mass is 9.95. The fourth-order valence-electron chi connectivity index (χ4n) is 4.48. The van der Waals surface area contributed by atoms with Gasteiger partial charge in [-0.25, -0.2) is 4.98 Å². The summed E-state index contributed by atoms with van der Waals surface area (Å²) in [6.45, 7) is 2.32. The zero-order chi connectivity index (χ0) is 27.0. The molecule has 9 heteroatoms. The molecule has 1 aliphatic heterocycles. The van der Waals surface area contributed by atoms with Gasteiger partial charge in [-0.3, -0.25) is 14.5 Å². The van der Waals surface area contributed by atoms with Crippen molar-refractivity contribution in [1.29, 1.82) is 0 Å². The normalized spacial score (nSPS) is 16.7. The maximum absolute atomic E-state index is 13.5. The van der Waals surface area contributed by atoms with E-state index < -0.39 is 17.7 Å². The van der Waals surface area contributed by atoms with Crippen LogP contribution in [-0.2, 0) is 9.59 Å². The maximum Gasteiger partial charge on any atom is 0.301 e. The molecule has 1 aliphatic rings. The molecular weight excluding hydrogens is 502 g/mol. The number of rotatable bonds is 7. The van der Waals surface area contributed by atoms with Crippen LogP contribution >= 0.6 is 11.3 Å². The molecule has 0 saturated carbocycles. The average Bonchev–Trinajstić information content (AvgIpc) is 3.46. The van der Waals surface area contributed by atoms with Crippen LogP contribution in [0.3, 0.4) is 0 Å². The number of amides is 1. The van der Waals surface area contributed by atoms with E-state index in [-0.39, 0.29) is 11.3 Å². The number of aromatic nitrogens is 1. The second-order valence-corrected chi connectivity index (χ2v) is 9.96. The lowest BCUT2D eigenvalue weighted by Gasteiger charge is -2.23. The smallest absolute Gasteiger partial charge is 0.301 e. The predicted molar refractivity (Wildman–Crippen MR) is 149 cm³/mol. The van der Waals surface area contributed by atoms with E-state index in [2.05, 4.69) is 4.98 Å². The summed E-state index contributed by atoms with van der Waals surface area (Å²) in [5.74, 6) is -0.572. The number of thiazole rings is 1. The molecule has 0 aliphatic carbocycles. The Hall–Kier alpha value is -4.37. The Morgan fingerprint density at radius 3 is 2.50 bits per heavy atom. The van der Waals surface area contributed by atoms with Gasteiger partial charge in [0.15, 0.2) is 5.13 Å². The molecule has 1 amide bonds. The summed E-state index contributed by atoms with van der Waals surface area (Å²) >= 11 is 1.28. The summed E-state index contributed by atoms with van der Waals surface area (Å²) < 4.78 is 11.7. The van der Waals surface area contributed by atoms with E-state index in [1.165, 1.54) is 16.2 Å². The van der Waals surface area contributed by atoms with Crippen molar-refractivity contribution in [3.8, 4) is 11.5 Å². The van der Waals surface area contributed by atoms with E-state index in [1.807, 2.05) is 62.3 Å². The first-order chi connectivity index (χ1) is 18.3. The number of carbonyl (C=O) groups is 2. The first-order valence-corrected chi connectivity index (χ1v) is 12.9. The molecule has 5 rings (SSSR count). The fourth-order valence-corrected chi connectivity index (χ4v) is 5.50. The van der Waals surface area contributed by atoms with Crippen molar-refractivity contribution in [2.24, 2.45) is 0 Å². The van der Waals surface area contributed by atoms with E-state index in [0.717, 1.165) is 10.4 Å². The number of Topliss-reactive ketones (excluding diaryl/α,β-unsaturated/α-hetero) is 1. The Labute approximate surface area is 224 Å². The highest BCUT2D eigenvalue weighted by Gasteiger charge is 2.48. The third-order valence-electron chi connectivity index (χ3n) is 6.38.